The molecule has 0 spiro atoms. The van der Waals surface area contributed by atoms with Crippen molar-refractivity contribution >= 4 is 54.5 Å². The fourth-order valence-corrected chi connectivity index (χ4v) is 7.98. The standard InChI is InChI=1S/C48H30N6/c1-4-16-31(17-5-1)38-30-39(32-18-6-2-7-19-32)51-47(50-38)53-40-26-14-11-23-35(40)44-42(53)28-29-43-45(44)36-24-12-15-27-41(36)54(43)48-49-37-25-13-10-22-34(37)46(52-48)33-20-8-3-9-21-33/h1-30H. The minimum Gasteiger partial charge on any atom is -0.278 e. The molecule has 4 heterocycles. The molecular formula is C48H30N6. The summed E-state index contributed by atoms with van der Waals surface area (Å²) in [5.74, 6) is 1.25. The van der Waals surface area contributed by atoms with Crippen LogP contribution in [0, 0.1) is 0 Å². The normalized spacial score (nSPS) is 11.7. The van der Waals surface area contributed by atoms with Gasteiger partial charge in [-0.2, -0.15) is 0 Å². The van der Waals surface area contributed by atoms with Gasteiger partial charge in [-0.25, -0.2) is 19.9 Å². The Morgan fingerprint density at radius 3 is 1.28 bits per heavy atom. The highest BCUT2D eigenvalue weighted by molar-refractivity contribution is 6.28. The second kappa shape index (κ2) is 12.1. The van der Waals surface area contributed by atoms with Gasteiger partial charge in [-0.05, 0) is 36.4 Å². The molecule has 0 unspecified atom stereocenters. The molecule has 0 aliphatic rings. The highest BCUT2D eigenvalue weighted by Gasteiger charge is 2.23. The first-order valence-electron chi connectivity index (χ1n) is 18.1. The van der Waals surface area contributed by atoms with Gasteiger partial charge in [0.25, 0.3) is 0 Å². The number of nitrogens with zero attached hydrogens (tertiary/aromatic N) is 6. The van der Waals surface area contributed by atoms with Crippen LogP contribution >= 0.6 is 0 Å². The minimum atomic E-state index is 0.620. The highest BCUT2D eigenvalue weighted by Crippen LogP contribution is 2.42. The van der Waals surface area contributed by atoms with Crippen LogP contribution in [0.3, 0.4) is 0 Å². The second-order valence-corrected chi connectivity index (χ2v) is 13.5. The third-order valence-electron chi connectivity index (χ3n) is 10.4. The topological polar surface area (TPSA) is 61.4 Å². The number of rotatable bonds is 5. The Bertz CT molecular complexity index is 3140. The average molecular weight is 691 g/mol. The third kappa shape index (κ3) is 4.67. The second-order valence-electron chi connectivity index (χ2n) is 13.5. The van der Waals surface area contributed by atoms with E-state index in [0.29, 0.717) is 11.9 Å². The Kier molecular flexibility index (Phi) is 6.75. The lowest BCUT2D eigenvalue weighted by Gasteiger charge is -2.12. The summed E-state index contributed by atoms with van der Waals surface area (Å²) >= 11 is 0. The number of hydrogen-bond donors (Lipinski definition) is 0. The molecule has 0 fully saturated rings. The maximum Gasteiger partial charge on any atom is 0.235 e. The molecule has 252 valence electrons. The zero-order chi connectivity index (χ0) is 35.6. The van der Waals surface area contributed by atoms with Crippen molar-refractivity contribution in [1.82, 2.24) is 29.1 Å². The molecule has 0 aliphatic heterocycles. The van der Waals surface area contributed by atoms with Gasteiger partial charge in [0, 0.05) is 43.6 Å². The Morgan fingerprint density at radius 2 is 0.741 bits per heavy atom. The fourth-order valence-electron chi connectivity index (χ4n) is 7.98. The molecule has 0 aliphatic carbocycles. The van der Waals surface area contributed by atoms with Crippen molar-refractivity contribution in [3.8, 4) is 45.7 Å². The van der Waals surface area contributed by atoms with Crippen molar-refractivity contribution in [1.29, 1.82) is 0 Å². The maximum absolute atomic E-state index is 5.31. The summed E-state index contributed by atoms with van der Waals surface area (Å²) < 4.78 is 4.43. The third-order valence-corrected chi connectivity index (χ3v) is 10.4. The van der Waals surface area contributed by atoms with Gasteiger partial charge in [-0.3, -0.25) is 9.13 Å². The number of fused-ring (bicyclic) bond motifs is 8. The van der Waals surface area contributed by atoms with Gasteiger partial charge in [-0.15, -0.1) is 0 Å². The van der Waals surface area contributed by atoms with Crippen LogP contribution in [0.2, 0.25) is 0 Å². The molecule has 54 heavy (non-hydrogen) atoms. The Balaban J connectivity index is 1.23. The van der Waals surface area contributed by atoms with Gasteiger partial charge in [0.05, 0.1) is 44.7 Å². The Morgan fingerprint density at radius 1 is 0.315 bits per heavy atom. The molecule has 0 N–H and O–H groups in total. The van der Waals surface area contributed by atoms with Crippen molar-refractivity contribution in [2.75, 3.05) is 0 Å². The first kappa shape index (κ1) is 30.2. The SMILES string of the molecule is c1ccc(-c2cc(-c3ccccc3)nc(-n3c4ccccc4c4c5c6ccccc6n(-c6nc(-c7ccccc7)c7ccccc7n6)c5ccc43)n2)cc1. The maximum atomic E-state index is 5.31. The van der Waals surface area contributed by atoms with Crippen molar-refractivity contribution in [3.63, 3.8) is 0 Å². The number of para-hydroxylation sites is 3. The summed E-state index contributed by atoms with van der Waals surface area (Å²) in [4.78, 5) is 21.0. The molecule has 0 amide bonds. The molecule has 6 heteroatoms. The van der Waals surface area contributed by atoms with Crippen LogP contribution in [0.4, 0.5) is 0 Å². The van der Waals surface area contributed by atoms with Crippen LogP contribution in [0.25, 0.3) is 100 Å². The summed E-state index contributed by atoms with van der Waals surface area (Å²) in [5.41, 5.74) is 10.8. The molecule has 0 bridgehead atoms. The zero-order valence-electron chi connectivity index (χ0n) is 29.0. The Labute approximate surface area is 310 Å². The van der Waals surface area contributed by atoms with Gasteiger partial charge in [-0.1, -0.05) is 146 Å². The lowest BCUT2D eigenvalue weighted by Crippen LogP contribution is -2.04. The first-order valence-corrected chi connectivity index (χ1v) is 18.1. The molecule has 0 radical (unpaired) electrons. The summed E-state index contributed by atoms with van der Waals surface area (Å²) in [7, 11) is 0. The van der Waals surface area contributed by atoms with E-state index in [-0.39, 0.29) is 0 Å². The Hall–Kier alpha value is -7.44. The van der Waals surface area contributed by atoms with Crippen molar-refractivity contribution in [3.05, 3.63) is 182 Å². The van der Waals surface area contributed by atoms with E-state index in [1.807, 2.05) is 54.6 Å². The van der Waals surface area contributed by atoms with Gasteiger partial charge in [0.2, 0.25) is 11.9 Å². The zero-order valence-corrected chi connectivity index (χ0v) is 29.0. The van der Waals surface area contributed by atoms with Crippen LogP contribution in [0.15, 0.2) is 182 Å². The van der Waals surface area contributed by atoms with E-state index >= 15 is 0 Å². The van der Waals surface area contributed by atoms with Gasteiger partial charge < -0.3 is 0 Å². The monoisotopic (exact) mass is 690 g/mol. The summed E-state index contributed by atoms with van der Waals surface area (Å²) in [6, 6.07) is 62.9. The van der Waals surface area contributed by atoms with Crippen LogP contribution < -0.4 is 0 Å². The van der Waals surface area contributed by atoms with E-state index in [9.17, 15) is 0 Å². The lowest BCUT2D eigenvalue weighted by atomic mass is 10.1. The summed E-state index contributed by atoms with van der Waals surface area (Å²) in [6.07, 6.45) is 0. The van der Waals surface area contributed by atoms with E-state index in [4.69, 9.17) is 19.9 Å². The van der Waals surface area contributed by atoms with Crippen LogP contribution in [-0.2, 0) is 0 Å². The molecule has 11 aromatic rings. The number of aromatic nitrogens is 6. The summed E-state index contributed by atoms with van der Waals surface area (Å²) in [5, 5.41) is 5.55. The van der Waals surface area contributed by atoms with Crippen LogP contribution in [-0.4, -0.2) is 29.1 Å². The molecule has 6 nitrogen and oxygen atoms in total. The van der Waals surface area contributed by atoms with E-state index in [1.54, 1.807) is 0 Å². The van der Waals surface area contributed by atoms with E-state index in [1.165, 1.54) is 0 Å². The van der Waals surface area contributed by atoms with E-state index in [0.717, 1.165) is 88.3 Å². The van der Waals surface area contributed by atoms with Crippen molar-refractivity contribution < 1.29 is 0 Å². The first-order chi connectivity index (χ1) is 26.8. The molecule has 0 saturated heterocycles. The van der Waals surface area contributed by atoms with Gasteiger partial charge in [0.15, 0.2) is 0 Å². The minimum absolute atomic E-state index is 0.620. The number of benzene rings is 7. The smallest absolute Gasteiger partial charge is 0.235 e. The lowest BCUT2D eigenvalue weighted by molar-refractivity contribution is 0.995. The van der Waals surface area contributed by atoms with Crippen molar-refractivity contribution in [2.45, 2.75) is 0 Å². The van der Waals surface area contributed by atoms with Crippen LogP contribution in [0.5, 0.6) is 0 Å². The van der Waals surface area contributed by atoms with E-state index in [2.05, 4.69) is 137 Å². The van der Waals surface area contributed by atoms with Crippen molar-refractivity contribution in [2.24, 2.45) is 0 Å². The molecule has 0 atom stereocenters. The molecular weight excluding hydrogens is 661 g/mol. The van der Waals surface area contributed by atoms with Crippen LogP contribution in [0.1, 0.15) is 0 Å². The largest absolute Gasteiger partial charge is 0.278 e. The molecule has 0 saturated carbocycles. The molecule has 7 aromatic carbocycles. The molecule has 4 aromatic heterocycles. The van der Waals surface area contributed by atoms with Gasteiger partial charge in [0.1, 0.15) is 0 Å². The fraction of sp³-hybridized carbons (Fsp3) is 0. The summed E-state index contributed by atoms with van der Waals surface area (Å²) in [6.45, 7) is 0. The average Bonchev–Trinajstić information content (AvgIpc) is 3.77. The predicted molar refractivity (Wildman–Crippen MR) is 220 cm³/mol. The number of hydrogen-bond acceptors (Lipinski definition) is 4. The highest BCUT2D eigenvalue weighted by atomic mass is 15.2. The van der Waals surface area contributed by atoms with E-state index < -0.39 is 0 Å². The van der Waals surface area contributed by atoms with Gasteiger partial charge >= 0.3 is 0 Å². The quantitative estimate of drug-likeness (QED) is 0.180. The molecule has 11 rings (SSSR count). The predicted octanol–water partition coefficient (Wildman–Crippen LogP) is 11.6.